The second-order valence-corrected chi connectivity index (χ2v) is 5.57. The van der Waals surface area contributed by atoms with Crippen molar-refractivity contribution in [2.75, 3.05) is 5.32 Å². The van der Waals surface area contributed by atoms with Gasteiger partial charge in [0.25, 0.3) is 5.91 Å². The van der Waals surface area contributed by atoms with E-state index in [0.717, 1.165) is 0 Å². The van der Waals surface area contributed by atoms with E-state index in [4.69, 9.17) is 9.15 Å². The summed E-state index contributed by atoms with van der Waals surface area (Å²) < 4.78 is 23.5. The van der Waals surface area contributed by atoms with E-state index < -0.39 is 18.0 Å². The number of para-hydroxylation sites is 1. The maximum atomic E-state index is 13.0. The van der Waals surface area contributed by atoms with Crippen LogP contribution in [0.25, 0.3) is 11.3 Å². The van der Waals surface area contributed by atoms with Crippen LogP contribution >= 0.6 is 0 Å². The van der Waals surface area contributed by atoms with Crippen LogP contribution in [0.1, 0.15) is 17.5 Å². The van der Waals surface area contributed by atoms with Crippen LogP contribution in [0.3, 0.4) is 0 Å². The molecule has 0 bridgehead atoms. The van der Waals surface area contributed by atoms with Crippen molar-refractivity contribution in [3.8, 4) is 11.3 Å². The van der Waals surface area contributed by atoms with Crippen LogP contribution < -0.4 is 5.32 Å². The fraction of sp³-hybridized carbons (Fsp3) is 0.100. The number of furan rings is 1. The monoisotopic (exact) mass is 353 g/mol. The van der Waals surface area contributed by atoms with E-state index in [9.17, 15) is 14.0 Å². The number of halogens is 1. The number of hydrogen-bond donors (Lipinski definition) is 1. The van der Waals surface area contributed by atoms with Gasteiger partial charge in [-0.2, -0.15) is 0 Å². The van der Waals surface area contributed by atoms with Crippen molar-refractivity contribution in [2.24, 2.45) is 0 Å². The first kappa shape index (κ1) is 17.4. The highest BCUT2D eigenvalue weighted by Gasteiger charge is 2.21. The number of esters is 1. The van der Waals surface area contributed by atoms with E-state index in [1.165, 1.54) is 25.1 Å². The van der Waals surface area contributed by atoms with E-state index >= 15 is 0 Å². The fourth-order valence-corrected chi connectivity index (χ4v) is 2.25. The fourth-order valence-electron chi connectivity index (χ4n) is 2.25. The molecule has 0 saturated carbocycles. The van der Waals surface area contributed by atoms with Crippen molar-refractivity contribution in [3.63, 3.8) is 0 Å². The molecule has 3 aromatic rings. The van der Waals surface area contributed by atoms with Crippen LogP contribution in [0, 0.1) is 5.82 Å². The van der Waals surface area contributed by atoms with Crippen LogP contribution in [0.5, 0.6) is 0 Å². The molecule has 0 aliphatic carbocycles. The van der Waals surface area contributed by atoms with Crippen LogP contribution in [0.4, 0.5) is 10.1 Å². The molecule has 0 aliphatic rings. The lowest BCUT2D eigenvalue weighted by molar-refractivity contribution is -0.123. The van der Waals surface area contributed by atoms with E-state index in [1.54, 1.807) is 42.5 Å². The molecule has 1 unspecified atom stereocenters. The van der Waals surface area contributed by atoms with Crippen LogP contribution in [-0.2, 0) is 9.53 Å². The van der Waals surface area contributed by atoms with E-state index in [0.29, 0.717) is 17.0 Å². The Hall–Kier alpha value is -3.41. The van der Waals surface area contributed by atoms with Gasteiger partial charge in [0.1, 0.15) is 11.6 Å². The summed E-state index contributed by atoms with van der Waals surface area (Å²) in [6.45, 7) is 1.47. The van der Waals surface area contributed by atoms with Crippen LogP contribution in [0.15, 0.2) is 71.1 Å². The Kier molecular flexibility index (Phi) is 5.12. The second-order valence-electron chi connectivity index (χ2n) is 5.57. The number of benzene rings is 2. The van der Waals surface area contributed by atoms with Gasteiger partial charge in [-0.1, -0.05) is 18.2 Å². The Morgan fingerprint density at radius 1 is 1.00 bits per heavy atom. The van der Waals surface area contributed by atoms with Gasteiger partial charge in [0, 0.05) is 11.3 Å². The lowest BCUT2D eigenvalue weighted by Crippen LogP contribution is -2.29. The highest BCUT2D eigenvalue weighted by Crippen LogP contribution is 2.23. The molecule has 0 saturated heterocycles. The quantitative estimate of drug-likeness (QED) is 0.696. The van der Waals surface area contributed by atoms with E-state index in [1.807, 2.05) is 6.07 Å². The summed E-state index contributed by atoms with van der Waals surface area (Å²) in [5.74, 6) is -1.20. The first-order valence-corrected chi connectivity index (χ1v) is 7.95. The Bertz CT molecular complexity index is 903. The van der Waals surface area contributed by atoms with E-state index in [2.05, 4.69) is 5.32 Å². The van der Waals surface area contributed by atoms with Gasteiger partial charge < -0.3 is 14.5 Å². The predicted octanol–water partition coefficient (Wildman–Crippen LogP) is 4.27. The molecule has 5 nitrogen and oxygen atoms in total. The smallest absolute Gasteiger partial charge is 0.375 e. The first-order chi connectivity index (χ1) is 12.5. The number of carbonyl (C=O) groups excluding carboxylic acids is 2. The van der Waals surface area contributed by atoms with Crippen molar-refractivity contribution in [3.05, 3.63) is 78.3 Å². The normalized spacial score (nSPS) is 11.6. The van der Waals surface area contributed by atoms with Gasteiger partial charge in [0.05, 0.1) is 0 Å². The summed E-state index contributed by atoms with van der Waals surface area (Å²) in [6.07, 6.45) is -0.998. The van der Waals surface area contributed by atoms with Gasteiger partial charge in [0.15, 0.2) is 6.10 Å². The van der Waals surface area contributed by atoms with Gasteiger partial charge in [-0.05, 0) is 55.5 Å². The van der Waals surface area contributed by atoms with Crippen molar-refractivity contribution >= 4 is 17.6 Å². The summed E-state index contributed by atoms with van der Waals surface area (Å²) >= 11 is 0. The average Bonchev–Trinajstić information content (AvgIpc) is 3.13. The minimum Gasteiger partial charge on any atom is -0.449 e. The number of nitrogens with one attached hydrogen (secondary N) is 1. The molecule has 1 amide bonds. The Balaban J connectivity index is 1.62. The molecular formula is C20H16FNO4. The molecule has 0 fully saturated rings. The lowest BCUT2D eigenvalue weighted by Gasteiger charge is -2.12. The molecule has 1 heterocycles. The Morgan fingerprint density at radius 3 is 2.38 bits per heavy atom. The summed E-state index contributed by atoms with van der Waals surface area (Å²) in [7, 11) is 0. The number of rotatable bonds is 5. The van der Waals surface area contributed by atoms with Crippen molar-refractivity contribution < 1.29 is 23.1 Å². The maximum Gasteiger partial charge on any atom is 0.375 e. The molecule has 0 aliphatic heterocycles. The highest BCUT2D eigenvalue weighted by molar-refractivity contribution is 5.96. The molecular weight excluding hydrogens is 337 g/mol. The summed E-state index contributed by atoms with van der Waals surface area (Å²) in [4.78, 5) is 24.2. The molecule has 1 aromatic heterocycles. The molecule has 6 heteroatoms. The molecule has 0 spiro atoms. The Morgan fingerprint density at radius 2 is 1.69 bits per heavy atom. The maximum absolute atomic E-state index is 13.0. The molecule has 26 heavy (non-hydrogen) atoms. The molecule has 2 aromatic carbocycles. The first-order valence-electron chi connectivity index (χ1n) is 7.95. The average molecular weight is 353 g/mol. The number of carbonyl (C=O) groups is 2. The molecule has 1 N–H and O–H groups in total. The molecule has 132 valence electrons. The standard InChI is InChI=1S/C20H16FNO4/c1-13(19(23)22-16-5-3-2-4-6-16)25-20(24)18-12-11-17(26-18)14-7-9-15(21)10-8-14/h2-13H,1H3,(H,22,23). The largest absolute Gasteiger partial charge is 0.449 e. The van der Waals surface area contributed by atoms with Gasteiger partial charge in [-0.25, -0.2) is 9.18 Å². The third-order valence-electron chi connectivity index (χ3n) is 3.63. The zero-order valence-electron chi connectivity index (χ0n) is 13.9. The highest BCUT2D eigenvalue weighted by atomic mass is 19.1. The van der Waals surface area contributed by atoms with Gasteiger partial charge in [-0.15, -0.1) is 0 Å². The number of ether oxygens (including phenoxy) is 1. The predicted molar refractivity (Wildman–Crippen MR) is 94.1 cm³/mol. The molecule has 3 rings (SSSR count). The van der Waals surface area contributed by atoms with E-state index in [-0.39, 0.29) is 11.6 Å². The van der Waals surface area contributed by atoms with Crippen molar-refractivity contribution in [1.29, 1.82) is 0 Å². The van der Waals surface area contributed by atoms with Gasteiger partial charge in [-0.3, -0.25) is 4.79 Å². The van der Waals surface area contributed by atoms with Gasteiger partial charge in [0.2, 0.25) is 5.76 Å². The topological polar surface area (TPSA) is 68.5 Å². The summed E-state index contributed by atoms with van der Waals surface area (Å²) in [5.41, 5.74) is 1.23. The zero-order valence-corrected chi connectivity index (χ0v) is 13.9. The summed E-state index contributed by atoms with van der Waals surface area (Å²) in [6, 6.07) is 17.6. The number of hydrogen-bond acceptors (Lipinski definition) is 4. The van der Waals surface area contributed by atoms with Crippen LogP contribution in [-0.4, -0.2) is 18.0 Å². The van der Waals surface area contributed by atoms with Gasteiger partial charge >= 0.3 is 5.97 Å². The zero-order chi connectivity index (χ0) is 18.5. The van der Waals surface area contributed by atoms with Crippen molar-refractivity contribution in [2.45, 2.75) is 13.0 Å². The third kappa shape index (κ3) is 4.16. The molecule has 1 atom stereocenters. The lowest BCUT2D eigenvalue weighted by atomic mass is 10.2. The second kappa shape index (κ2) is 7.65. The minimum absolute atomic E-state index is 0.0383. The van der Waals surface area contributed by atoms with Crippen LogP contribution in [0.2, 0.25) is 0 Å². The molecule has 0 radical (unpaired) electrons. The minimum atomic E-state index is -0.998. The SMILES string of the molecule is CC(OC(=O)c1ccc(-c2ccc(F)cc2)o1)C(=O)Nc1ccccc1. The van der Waals surface area contributed by atoms with Crippen molar-refractivity contribution in [1.82, 2.24) is 0 Å². The Labute approximate surface area is 149 Å². The summed E-state index contributed by atoms with van der Waals surface area (Å²) in [5, 5.41) is 2.65. The third-order valence-corrected chi connectivity index (χ3v) is 3.63. The number of anilines is 1. The number of amides is 1.